The van der Waals surface area contributed by atoms with Gasteiger partial charge in [0.1, 0.15) is 17.7 Å². The van der Waals surface area contributed by atoms with Crippen molar-refractivity contribution in [3.05, 3.63) is 71.3 Å². The molecule has 1 aliphatic carbocycles. The first-order valence-electron chi connectivity index (χ1n) is 12.1. The Morgan fingerprint density at radius 3 is 2.53 bits per heavy atom. The van der Waals surface area contributed by atoms with E-state index < -0.39 is 29.7 Å². The van der Waals surface area contributed by atoms with Crippen LogP contribution in [-0.4, -0.2) is 55.9 Å². The number of carbonyl (C=O) groups is 1. The van der Waals surface area contributed by atoms with E-state index in [0.717, 1.165) is 5.56 Å². The van der Waals surface area contributed by atoms with Crippen LogP contribution < -0.4 is 5.32 Å². The van der Waals surface area contributed by atoms with Gasteiger partial charge < -0.3 is 29.0 Å². The van der Waals surface area contributed by atoms with E-state index >= 15 is 0 Å². The molecule has 1 N–H and O–H groups in total. The van der Waals surface area contributed by atoms with E-state index in [1.807, 2.05) is 0 Å². The molecule has 1 heterocycles. The molecule has 0 bridgehead atoms. The Balaban J connectivity index is 1.59. The van der Waals surface area contributed by atoms with Crippen molar-refractivity contribution in [1.82, 2.24) is 5.32 Å². The highest BCUT2D eigenvalue weighted by Gasteiger charge is 2.58. The summed E-state index contributed by atoms with van der Waals surface area (Å²) in [6, 6.07) is 12.3. The Kier molecular flexibility index (Phi) is 8.37. The maximum Gasteiger partial charge on any atom is 0.252 e. The lowest BCUT2D eigenvalue weighted by Gasteiger charge is -2.43. The molecule has 9 heteroatoms. The number of methoxy groups -OCH3 is 1. The zero-order valence-corrected chi connectivity index (χ0v) is 20.8. The molecule has 1 saturated heterocycles. The Labute approximate surface area is 210 Å². The van der Waals surface area contributed by atoms with Crippen LogP contribution in [0.1, 0.15) is 37.8 Å². The predicted molar refractivity (Wildman–Crippen MR) is 127 cm³/mol. The van der Waals surface area contributed by atoms with Gasteiger partial charge in [0.15, 0.2) is 11.4 Å². The first-order valence-corrected chi connectivity index (χ1v) is 12.1. The smallest absolute Gasteiger partial charge is 0.252 e. The van der Waals surface area contributed by atoms with Crippen LogP contribution in [0.3, 0.4) is 0 Å². The molecule has 0 radical (unpaired) electrons. The molecule has 2 aromatic carbocycles. The van der Waals surface area contributed by atoms with E-state index in [4.69, 9.17) is 23.7 Å². The monoisotopic (exact) mass is 505 g/mol. The molecule has 0 spiro atoms. The number of fused-ring (bicyclic) bond motifs is 1. The second-order valence-corrected chi connectivity index (χ2v) is 9.65. The molecule has 4 atom stereocenters. The zero-order valence-electron chi connectivity index (χ0n) is 20.8. The van der Waals surface area contributed by atoms with Crippen LogP contribution in [0.25, 0.3) is 0 Å². The average Bonchev–Trinajstić information content (AvgIpc) is 3.16. The minimum Gasteiger partial charge on any atom is -0.383 e. The van der Waals surface area contributed by atoms with Gasteiger partial charge in [-0.15, -0.1) is 0 Å². The summed E-state index contributed by atoms with van der Waals surface area (Å²) in [6.45, 7) is 4.33. The summed E-state index contributed by atoms with van der Waals surface area (Å²) in [6.07, 6.45) is -1.14. The van der Waals surface area contributed by atoms with Gasteiger partial charge in [0.05, 0.1) is 32.0 Å². The molecule has 1 amide bonds. The van der Waals surface area contributed by atoms with Crippen molar-refractivity contribution in [2.75, 3.05) is 20.3 Å². The van der Waals surface area contributed by atoms with Gasteiger partial charge in [-0.2, -0.15) is 0 Å². The summed E-state index contributed by atoms with van der Waals surface area (Å²) in [5.41, 5.74) is -0.192. The molecule has 7 nitrogen and oxygen atoms in total. The highest BCUT2D eigenvalue weighted by Crippen LogP contribution is 2.44. The number of nitrogens with one attached hydrogen (secondary N) is 1. The molecular weight excluding hydrogens is 472 g/mol. The molecule has 1 aliphatic heterocycles. The van der Waals surface area contributed by atoms with Crippen LogP contribution >= 0.6 is 0 Å². The van der Waals surface area contributed by atoms with Crippen molar-refractivity contribution in [2.24, 2.45) is 0 Å². The van der Waals surface area contributed by atoms with Crippen molar-refractivity contribution in [3.63, 3.8) is 0 Å². The number of hydrogen-bond acceptors (Lipinski definition) is 6. The molecule has 0 aromatic heterocycles. The second kappa shape index (κ2) is 11.3. The molecule has 2 aliphatic rings. The van der Waals surface area contributed by atoms with Crippen LogP contribution in [0.4, 0.5) is 8.78 Å². The van der Waals surface area contributed by atoms with Crippen LogP contribution in [0.2, 0.25) is 0 Å². The number of amides is 1. The first-order chi connectivity index (χ1) is 17.2. The fourth-order valence-corrected chi connectivity index (χ4v) is 4.75. The Morgan fingerprint density at radius 1 is 1.06 bits per heavy atom. The Bertz CT molecular complexity index is 1030. The molecular formula is C27H33F2NO6. The summed E-state index contributed by atoms with van der Waals surface area (Å²) < 4.78 is 57.5. The normalized spacial score (nSPS) is 27.0. The Hall–Kier alpha value is -2.43. The van der Waals surface area contributed by atoms with Gasteiger partial charge in [-0.25, -0.2) is 8.78 Å². The van der Waals surface area contributed by atoms with Gasteiger partial charge in [-0.1, -0.05) is 30.3 Å². The summed E-state index contributed by atoms with van der Waals surface area (Å²) in [4.78, 5) is 13.5. The van der Waals surface area contributed by atoms with Crippen molar-refractivity contribution in [3.8, 4) is 0 Å². The van der Waals surface area contributed by atoms with Gasteiger partial charge in [-0.3, -0.25) is 4.79 Å². The van der Waals surface area contributed by atoms with Gasteiger partial charge >= 0.3 is 0 Å². The molecule has 196 valence electrons. The quantitative estimate of drug-likeness (QED) is 0.494. The summed E-state index contributed by atoms with van der Waals surface area (Å²) in [5, 5.41) is 2.88. The fraction of sp³-hybridized carbons (Fsp3) is 0.519. The van der Waals surface area contributed by atoms with E-state index in [9.17, 15) is 13.6 Å². The van der Waals surface area contributed by atoms with E-state index in [1.165, 1.54) is 18.2 Å². The number of rotatable bonds is 10. The predicted octanol–water partition coefficient (Wildman–Crippen LogP) is 3.88. The number of ether oxygens (including phenoxy) is 5. The number of carbonyl (C=O) groups excluding carboxylic acids is 1. The lowest BCUT2D eigenvalue weighted by atomic mass is 9.78. The molecule has 4 rings (SSSR count). The molecule has 2 fully saturated rings. The summed E-state index contributed by atoms with van der Waals surface area (Å²) in [5.74, 6) is -1.93. The lowest BCUT2D eigenvalue weighted by Crippen LogP contribution is -2.60. The summed E-state index contributed by atoms with van der Waals surface area (Å²) in [7, 11) is 1.55. The third-order valence-electron chi connectivity index (χ3n) is 6.49. The average molecular weight is 506 g/mol. The van der Waals surface area contributed by atoms with E-state index in [2.05, 4.69) is 5.32 Å². The second-order valence-electron chi connectivity index (χ2n) is 9.65. The third kappa shape index (κ3) is 6.27. The minimum absolute atomic E-state index is 0.00366. The summed E-state index contributed by atoms with van der Waals surface area (Å²) >= 11 is 0. The molecule has 1 saturated carbocycles. The topological polar surface area (TPSA) is 75.3 Å². The van der Waals surface area contributed by atoms with E-state index in [-0.39, 0.29) is 43.6 Å². The third-order valence-corrected chi connectivity index (χ3v) is 6.49. The highest BCUT2D eigenvalue weighted by atomic mass is 19.1. The maximum atomic E-state index is 14.3. The SMILES string of the molecule is COCCNC(=O)[C@@]1(OCc2ccc(F)cc2)C[C@H](OCc2ccccc2F)[C@@H]2OC(C)(C)O[C@@H]2C1. The largest absolute Gasteiger partial charge is 0.383 e. The number of benzene rings is 2. The van der Waals surface area contributed by atoms with Gasteiger partial charge in [0.25, 0.3) is 5.91 Å². The van der Waals surface area contributed by atoms with Crippen molar-refractivity contribution < 1.29 is 37.3 Å². The number of halogens is 2. The van der Waals surface area contributed by atoms with Gasteiger partial charge in [0, 0.05) is 32.1 Å². The van der Waals surface area contributed by atoms with Crippen molar-refractivity contribution in [1.29, 1.82) is 0 Å². The zero-order chi connectivity index (χ0) is 25.8. The van der Waals surface area contributed by atoms with Crippen LogP contribution in [0.15, 0.2) is 48.5 Å². The molecule has 36 heavy (non-hydrogen) atoms. The minimum atomic E-state index is -1.31. The lowest BCUT2D eigenvalue weighted by molar-refractivity contribution is -0.183. The van der Waals surface area contributed by atoms with Crippen LogP contribution in [0.5, 0.6) is 0 Å². The van der Waals surface area contributed by atoms with E-state index in [1.54, 1.807) is 51.3 Å². The standard InChI is InChI=1S/C27H33F2NO6/c1-26(2)35-23-15-27(25(31)30-12-13-32-3,34-16-18-8-10-20(28)11-9-18)14-22(24(23)36-26)33-17-19-6-4-5-7-21(19)29/h4-11,22-24H,12-17H2,1-3H3,(H,30,31)/t22-,23+,24-,27+/m0/s1. The van der Waals surface area contributed by atoms with Crippen molar-refractivity contribution in [2.45, 2.75) is 69.6 Å². The first kappa shape index (κ1) is 26.6. The van der Waals surface area contributed by atoms with Crippen LogP contribution in [0, 0.1) is 11.6 Å². The van der Waals surface area contributed by atoms with Crippen LogP contribution in [-0.2, 0) is 41.7 Å². The highest BCUT2D eigenvalue weighted by molar-refractivity contribution is 5.85. The van der Waals surface area contributed by atoms with Crippen molar-refractivity contribution >= 4 is 5.91 Å². The van der Waals surface area contributed by atoms with Gasteiger partial charge in [0.2, 0.25) is 0 Å². The Morgan fingerprint density at radius 2 is 1.81 bits per heavy atom. The molecule has 2 aromatic rings. The molecule has 0 unspecified atom stereocenters. The number of hydrogen-bond donors (Lipinski definition) is 1. The fourth-order valence-electron chi connectivity index (χ4n) is 4.75. The maximum absolute atomic E-state index is 14.3. The van der Waals surface area contributed by atoms with E-state index in [0.29, 0.717) is 18.7 Å². The van der Waals surface area contributed by atoms with Gasteiger partial charge in [-0.05, 0) is 37.6 Å².